The van der Waals surface area contributed by atoms with E-state index >= 15 is 0 Å². The lowest BCUT2D eigenvalue weighted by Crippen LogP contribution is -2.11. The summed E-state index contributed by atoms with van der Waals surface area (Å²) in [6.07, 6.45) is 0. The van der Waals surface area contributed by atoms with Gasteiger partial charge in [-0.1, -0.05) is 140 Å². The molecule has 0 bridgehead atoms. The highest BCUT2D eigenvalue weighted by Gasteiger charge is 2.20. The van der Waals surface area contributed by atoms with Crippen LogP contribution in [-0.2, 0) is 0 Å². The number of furan rings is 1. The molecule has 9 aromatic carbocycles. The lowest BCUT2D eigenvalue weighted by atomic mass is 9.94. The monoisotopic (exact) mass is 719 g/mol. The van der Waals surface area contributed by atoms with E-state index in [1.54, 1.807) is 0 Å². The molecule has 55 heavy (non-hydrogen) atoms. The van der Waals surface area contributed by atoms with Crippen molar-refractivity contribution in [3.05, 3.63) is 200 Å². The van der Waals surface area contributed by atoms with Crippen LogP contribution in [0, 0.1) is 0 Å². The van der Waals surface area contributed by atoms with Crippen molar-refractivity contribution in [3.8, 4) is 33.4 Å². The quantitative estimate of drug-likeness (QED) is 0.170. The number of thiophene rings is 1. The zero-order chi connectivity index (χ0) is 36.3. The first-order valence-electron chi connectivity index (χ1n) is 18.7. The predicted octanol–water partition coefficient (Wildman–Crippen LogP) is 15.6. The number of anilines is 3. The fraction of sp³-hybridized carbons (Fsp3) is 0. The van der Waals surface area contributed by atoms with Gasteiger partial charge in [-0.15, -0.1) is 11.3 Å². The van der Waals surface area contributed by atoms with Crippen LogP contribution in [0.5, 0.6) is 0 Å². The van der Waals surface area contributed by atoms with E-state index in [0.29, 0.717) is 0 Å². The molecule has 0 aliphatic heterocycles. The highest BCUT2D eigenvalue weighted by atomic mass is 32.1. The first-order valence-corrected chi connectivity index (χ1v) is 19.5. The van der Waals surface area contributed by atoms with Gasteiger partial charge in [0.25, 0.3) is 0 Å². The summed E-state index contributed by atoms with van der Waals surface area (Å²) in [6, 6.07) is 72.2. The minimum Gasteiger partial charge on any atom is -0.456 e. The molecule has 2 aromatic heterocycles. The number of hydrogen-bond acceptors (Lipinski definition) is 3. The molecule has 0 saturated carbocycles. The molecule has 2 nitrogen and oxygen atoms in total. The standard InChI is InChI=1S/C52H33NOS/c1-2-16-40-34(12-1)13-10-20-41(40)36-14-9-15-37(32-36)42-17-3-6-22-47(42)53(39-30-31-45-44-18-4-7-23-48(44)54-49(45)33-39)38-28-26-35(27-29-38)43-21-11-25-51-52(43)46-19-5-8-24-50(46)55-51/h1-33H. The number of hydrogen-bond donors (Lipinski definition) is 0. The summed E-state index contributed by atoms with van der Waals surface area (Å²) >= 11 is 1.86. The lowest BCUT2D eigenvalue weighted by molar-refractivity contribution is 0.669. The summed E-state index contributed by atoms with van der Waals surface area (Å²) in [7, 11) is 0. The average molecular weight is 720 g/mol. The Morgan fingerprint density at radius 1 is 0.364 bits per heavy atom. The van der Waals surface area contributed by atoms with Crippen LogP contribution in [-0.4, -0.2) is 0 Å². The molecule has 0 fully saturated rings. The Morgan fingerprint density at radius 3 is 1.89 bits per heavy atom. The Labute approximate surface area is 322 Å². The molecular weight excluding hydrogens is 687 g/mol. The van der Waals surface area contributed by atoms with E-state index in [0.717, 1.165) is 50.1 Å². The molecule has 0 aliphatic carbocycles. The van der Waals surface area contributed by atoms with Crippen molar-refractivity contribution in [1.29, 1.82) is 0 Å². The SMILES string of the molecule is c1cc(-c2ccccc2N(c2ccc(-c3cccc4sc5ccccc5c34)cc2)c2ccc3c(c2)oc2ccccc23)cc(-c2cccc3ccccc23)c1. The molecule has 3 heteroatoms. The first kappa shape index (κ1) is 31.6. The maximum absolute atomic E-state index is 6.45. The summed E-state index contributed by atoms with van der Waals surface area (Å²) in [6.45, 7) is 0. The van der Waals surface area contributed by atoms with E-state index in [9.17, 15) is 0 Å². The van der Waals surface area contributed by atoms with Crippen LogP contribution >= 0.6 is 11.3 Å². The highest BCUT2D eigenvalue weighted by molar-refractivity contribution is 7.25. The summed E-state index contributed by atoms with van der Waals surface area (Å²) in [5.41, 5.74) is 12.1. The third kappa shape index (κ3) is 5.32. The van der Waals surface area contributed by atoms with Gasteiger partial charge in [-0.05, 0) is 93.2 Å². The Hall–Kier alpha value is -6.94. The summed E-state index contributed by atoms with van der Waals surface area (Å²) in [5.74, 6) is 0. The fourth-order valence-electron chi connectivity index (χ4n) is 8.33. The molecule has 11 aromatic rings. The number of rotatable bonds is 6. The average Bonchev–Trinajstić information content (AvgIpc) is 3.82. The molecule has 0 atom stereocenters. The molecule has 0 unspecified atom stereocenters. The Kier molecular flexibility index (Phi) is 7.39. The van der Waals surface area contributed by atoms with Crippen molar-refractivity contribution >= 4 is 81.3 Å². The maximum Gasteiger partial charge on any atom is 0.137 e. The molecule has 0 saturated heterocycles. The number of benzene rings is 9. The van der Waals surface area contributed by atoms with Gasteiger partial charge in [0.15, 0.2) is 0 Å². The van der Waals surface area contributed by atoms with E-state index in [2.05, 4.69) is 193 Å². The topological polar surface area (TPSA) is 16.4 Å². The van der Waals surface area contributed by atoms with Crippen molar-refractivity contribution in [2.45, 2.75) is 0 Å². The van der Waals surface area contributed by atoms with Crippen molar-refractivity contribution < 1.29 is 4.42 Å². The molecule has 258 valence electrons. The summed E-state index contributed by atoms with van der Waals surface area (Å²) < 4.78 is 9.07. The van der Waals surface area contributed by atoms with Crippen LogP contribution < -0.4 is 4.90 Å². The smallest absolute Gasteiger partial charge is 0.137 e. The zero-order valence-electron chi connectivity index (χ0n) is 29.8. The lowest BCUT2D eigenvalue weighted by Gasteiger charge is -2.28. The van der Waals surface area contributed by atoms with Gasteiger partial charge in [-0.2, -0.15) is 0 Å². The molecule has 0 spiro atoms. The Balaban J connectivity index is 1.08. The summed E-state index contributed by atoms with van der Waals surface area (Å²) in [5, 5.41) is 7.36. The number of nitrogens with zero attached hydrogens (tertiary/aromatic N) is 1. The van der Waals surface area contributed by atoms with Gasteiger partial charge in [0.05, 0.1) is 5.69 Å². The van der Waals surface area contributed by atoms with Crippen LogP contribution in [0.3, 0.4) is 0 Å². The van der Waals surface area contributed by atoms with Crippen LogP contribution in [0.4, 0.5) is 17.1 Å². The second kappa shape index (κ2) is 12.9. The van der Waals surface area contributed by atoms with Gasteiger partial charge in [-0.25, -0.2) is 0 Å². The van der Waals surface area contributed by atoms with Crippen molar-refractivity contribution in [2.24, 2.45) is 0 Å². The van der Waals surface area contributed by atoms with Gasteiger partial charge in [0.1, 0.15) is 11.2 Å². The first-order chi connectivity index (χ1) is 27.3. The molecule has 0 aliphatic rings. The van der Waals surface area contributed by atoms with Gasteiger partial charge >= 0.3 is 0 Å². The van der Waals surface area contributed by atoms with Gasteiger partial charge < -0.3 is 9.32 Å². The van der Waals surface area contributed by atoms with E-state index in [1.165, 1.54) is 53.2 Å². The third-order valence-electron chi connectivity index (χ3n) is 10.9. The van der Waals surface area contributed by atoms with Crippen LogP contribution in [0.15, 0.2) is 205 Å². The number of fused-ring (bicyclic) bond motifs is 7. The van der Waals surface area contributed by atoms with E-state index in [-0.39, 0.29) is 0 Å². The largest absolute Gasteiger partial charge is 0.456 e. The normalized spacial score (nSPS) is 11.6. The molecule has 11 rings (SSSR count). The van der Waals surface area contributed by atoms with Crippen LogP contribution in [0.1, 0.15) is 0 Å². The Morgan fingerprint density at radius 2 is 0.982 bits per heavy atom. The van der Waals surface area contributed by atoms with Gasteiger partial charge in [0.2, 0.25) is 0 Å². The van der Waals surface area contributed by atoms with Crippen molar-refractivity contribution in [2.75, 3.05) is 4.90 Å². The maximum atomic E-state index is 6.45. The second-order valence-electron chi connectivity index (χ2n) is 14.1. The number of para-hydroxylation sites is 2. The van der Waals surface area contributed by atoms with Gasteiger partial charge in [-0.3, -0.25) is 0 Å². The molecule has 2 heterocycles. The highest BCUT2D eigenvalue weighted by Crippen LogP contribution is 2.45. The van der Waals surface area contributed by atoms with E-state index in [4.69, 9.17) is 4.42 Å². The van der Waals surface area contributed by atoms with E-state index in [1.807, 2.05) is 23.5 Å². The minimum absolute atomic E-state index is 0.867. The molecule has 0 radical (unpaired) electrons. The van der Waals surface area contributed by atoms with Gasteiger partial charge in [0, 0.05) is 53.9 Å². The molecule has 0 N–H and O–H groups in total. The summed E-state index contributed by atoms with van der Waals surface area (Å²) in [4.78, 5) is 2.37. The van der Waals surface area contributed by atoms with Crippen molar-refractivity contribution in [1.82, 2.24) is 0 Å². The molecule has 0 amide bonds. The fourth-order valence-corrected chi connectivity index (χ4v) is 9.46. The van der Waals surface area contributed by atoms with Crippen LogP contribution in [0.25, 0.3) is 86.3 Å². The Bertz CT molecular complexity index is 3220. The minimum atomic E-state index is 0.867. The zero-order valence-corrected chi connectivity index (χ0v) is 30.6. The predicted molar refractivity (Wildman–Crippen MR) is 235 cm³/mol. The third-order valence-corrected chi connectivity index (χ3v) is 12.0. The van der Waals surface area contributed by atoms with Crippen LogP contribution in [0.2, 0.25) is 0 Å². The molecular formula is C52H33NOS. The second-order valence-corrected chi connectivity index (χ2v) is 15.1. The van der Waals surface area contributed by atoms with E-state index < -0.39 is 0 Å². The van der Waals surface area contributed by atoms with Crippen molar-refractivity contribution in [3.63, 3.8) is 0 Å².